The molecule has 150 valence electrons. The number of rotatable bonds is 5. The van der Waals surface area contributed by atoms with Crippen LogP contribution in [0.2, 0.25) is 0 Å². The zero-order valence-corrected chi connectivity index (χ0v) is 15.0. The van der Waals surface area contributed by atoms with Gasteiger partial charge in [0, 0.05) is 18.3 Å². The minimum atomic E-state index is -4.43. The molecular weight excluding hydrogens is 389 g/mol. The fourth-order valence-electron chi connectivity index (χ4n) is 2.44. The van der Waals surface area contributed by atoms with Crippen molar-refractivity contribution in [1.29, 1.82) is 0 Å². The van der Waals surface area contributed by atoms with Gasteiger partial charge in [0.2, 0.25) is 5.56 Å². The standard InChI is InChI=1S/C20H15F3N2O4/c1-28-17-8-7-15(29-14-5-3-13(4-6-14)20(21,22)23)10-16(17)25-19(27)12-2-9-18(26)24-11-12/h2-11H,1H3,(H,24,26)(H,25,27). The molecule has 0 saturated carbocycles. The van der Waals surface area contributed by atoms with Crippen molar-refractivity contribution in [3.63, 3.8) is 0 Å². The van der Waals surface area contributed by atoms with E-state index in [1.165, 1.54) is 43.6 Å². The summed E-state index contributed by atoms with van der Waals surface area (Å²) in [4.78, 5) is 25.9. The van der Waals surface area contributed by atoms with Crippen molar-refractivity contribution in [2.75, 3.05) is 12.4 Å². The maximum Gasteiger partial charge on any atom is 0.416 e. The van der Waals surface area contributed by atoms with Crippen LogP contribution in [0.4, 0.5) is 18.9 Å². The number of pyridine rings is 1. The van der Waals surface area contributed by atoms with Crippen molar-refractivity contribution >= 4 is 11.6 Å². The molecule has 0 saturated heterocycles. The number of benzene rings is 2. The minimum absolute atomic E-state index is 0.195. The van der Waals surface area contributed by atoms with Crippen molar-refractivity contribution in [3.8, 4) is 17.2 Å². The largest absolute Gasteiger partial charge is 0.495 e. The Kier molecular flexibility index (Phi) is 5.58. The first-order valence-corrected chi connectivity index (χ1v) is 8.29. The van der Waals surface area contributed by atoms with Crippen LogP contribution in [0.25, 0.3) is 0 Å². The molecule has 3 rings (SSSR count). The molecule has 29 heavy (non-hydrogen) atoms. The van der Waals surface area contributed by atoms with E-state index in [1.54, 1.807) is 12.1 Å². The quantitative estimate of drug-likeness (QED) is 0.659. The van der Waals surface area contributed by atoms with Crippen LogP contribution in [-0.4, -0.2) is 18.0 Å². The zero-order chi connectivity index (χ0) is 21.0. The number of carbonyl (C=O) groups excluding carboxylic acids is 1. The lowest BCUT2D eigenvalue weighted by Gasteiger charge is -2.13. The first kappa shape index (κ1) is 20.0. The normalized spacial score (nSPS) is 11.0. The van der Waals surface area contributed by atoms with Gasteiger partial charge in [-0.3, -0.25) is 9.59 Å². The SMILES string of the molecule is COc1ccc(Oc2ccc(C(F)(F)F)cc2)cc1NC(=O)c1ccc(=O)[nH]c1. The van der Waals surface area contributed by atoms with Crippen molar-refractivity contribution in [2.45, 2.75) is 6.18 Å². The van der Waals surface area contributed by atoms with E-state index >= 15 is 0 Å². The van der Waals surface area contributed by atoms with Crippen molar-refractivity contribution in [2.24, 2.45) is 0 Å². The van der Waals surface area contributed by atoms with Crippen LogP contribution in [0, 0.1) is 0 Å². The Hall–Kier alpha value is -3.75. The maximum absolute atomic E-state index is 12.7. The van der Waals surface area contributed by atoms with Crippen LogP contribution in [0.3, 0.4) is 0 Å². The summed E-state index contributed by atoms with van der Waals surface area (Å²) >= 11 is 0. The molecule has 0 spiro atoms. The molecule has 9 heteroatoms. The van der Waals surface area contributed by atoms with Gasteiger partial charge >= 0.3 is 6.18 Å². The molecule has 2 N–H and O–H groups in total. The summed E-state index contributed by atoms with van der Waals surface area (Å²) in [7, 11) is 1.42. The summed E-state index contributed by atoms with van der Waals surface area (Å²) in [5.74, 6) is 0.331. The highest BCUT2D eigenvalue weighted by Gasteiger charge is 2.30. The number of anilines is 1. The van der Waals surface area contributed by atoms with Crippen molar-refractivity contribution in [1.82, 2.24) is 4.98 Å². The van der Waals surface area contributed by atoms with Crippen LogP contribution in [0.15, 0.2) is 65.6 Å². The number of hydrogen-bond acceptors (Lipinski definition) is 4. The Morgan fingerprint density at radius 1 is 1.00 bits per heavy atom. The molecule has 0 atom stereocenters. The number of aromatic amines is 1. The number of carbonyl (C=O) groups is 1. The highest BCUT2D eigenvalue weighted by atomic mass is 19.4. The van der Waals surface area contributed by atoms with Crippen LogP contribution in [-0.2, 0) is 6.18 Å². The molecule has 6 nitrogen and oxygen atoms in total. The molecule has 0 aliphatic rings. The van der Waals surface area contributed by atoms with Gasteiger partial charge in [0.25, 0.3) is 5.91 Å². The Balaban J connectivity index is 1.80. The van der Waals surface area contributed by atoms with Gasteiger partial charge < -0.3 is 19.8 Å². The van der Waals surface area contributed by atoms with E-state index in [0.29, 0.717) is 5.75 Å². The van der Waals surface area contributed by atoms with E-state index in [2.05, 4.69) is 10.3 Å². The number of aromatic nitrogens is 1. The Labute approximate surface area is 162 Å². The van der Waals surface area contributed by atoms with Gasteiger partial charge in [-0.1, -0.05) is 0 Å². The van der Waals surface area contributed by atoms with Gasteiger partial charge in [-0.2, -0.15) is 13.2 Å². The first-order valence-electron chi connectivity index (χ1n) is 8.29. The lowest BCUT2D eigenvalue weighted by Crippen LogP contribution is -2.15. The van der Waals surface area contributed by atoms with Gasteiger partial charge in [-0.25, -0.2) is 0 Å². The molecular formula is C20H15F3N2O4. The van der Waals surface area contributed by atoms with E-state index in [0.717, 1.165) is 12.1 Å². The second-order valence-electron chi connectivity index (χ2n) is 5.88. The van der Waals surface area contributed by atoms with Crippen LogP contribution in [0.1, 0.15) is 15.9 Å². The highest BCUT2D eigenvalue weighted by Crippen LogP contribution is 2.34. The molecule has 1 amide bonds. The summed E-state index contributed by atoms with van der Waals surface area (Å²) in [6, 6.07) is 11.4. The number of ether oxygens (including phenoxy) is 2. The molecule has 0 radical (unpaired) electrons. The van der Waals surface area contributed by atoms with E-state index in [1.807, 2.05) is 0 Å². The molecule has 2 aromatic carbocycles. The molecule has 1 heterocycles. The summed E-state index contributed by atoms with van der Waals surface area (Å²) < 4.78 is 48.7. The van der Waals surface area contributed by atoms with E-state index in [-0.39, 0.29) is 28.3 Å². The number of H-pyrrole nitrogens is 1. The third-order valence-electron chi connectivity index (χ3n) is 3.88. The molecule has 1 aromatic heterocycles. The van der Waals surface area contributed by atoms with Crippen molar-refractivity contribution < 1.29 is 27.4 Å². The number of hydrogen-bond donors (Lipinski definition) is 2. The van der Waals surface area contributed by atoms with Crippen LogP contribution < -0.4 is 20.3 Å². The predicted molar refractivity (Wildman–Crippen MR) is 99.5 cm³/mol. The van der Waals surface area contributed by atoms with Gasteiger partial charge in [0.1, 0.15) is 17.2 Å². The lowest BCUT2D eigenvalue weighted by atomic mass is 10.2. The van der Waals surface area contributed by atoms with E-state index in [9.17, 15) is 22.8 Å². The van der Waals surface area contributed by atoms with E-state index in [4.69, 9.17) is 9.47 Å². The van der Waals surface area contributed by atoms with Gasteiger partial charge in [-0.15, -0.1) is 0 Å². The Morgan fingerprint density at radius 3 is 2.28 bits per heavy atom. The fourth-order valence-corrected chi connectivity index (χ4v) is 2.44. The summed E-state index contributed by atoms with van der Waals surface area (Å²) in [5.41, 5.74) is -0.617. The van der Waals surface area contributed by atoms with Gasteiger partial charge in [0.15, 0.2) is 0 Å². The summed E-state index contributed by atoms with van der Waals surface area (Å²) in [6.45, 7) is 0. The third kappa shape index (κ3) is 4.95. The van der Waals surface area contributed by atoms with Crippen LogP contribution in [0.5, 0.6) is 17.2 Å². The predicted octanol–water partition coefficient (Wildman–Crippen LogP) is 4.45. The number of alkyl halides is 3. The maximum atomic E-state index is 12.7. The first-order chi connectivity index (χ1) is 13.8. The number of amides is 1. The smallest absolute Gasteiger partial charge is 0.416 e. The number of nitrogens with one attached hydrogen (secondary N) is 2. The monoisotopic (exact) mass is 404 g/mol. The van der Waals surface area contributed by atoms with Gasteiger partial charge in [-0.05, 0) is 42.5 Å². The number of methoxy groups -OCH3 is 1. The van der Waals surface area contributed by atoms with Gasteiger partial charge in [0.05, 0.1) is 23.9 Å². The second kappa shape index (κ2) is 8.09. The average molecular weight is 404 g/mol. The van der Waals surface area contributed by atoms with Crippen LogP contribution >= 0.6 is 0 Å². The fraction of sp³-hybridized carbons (Fsp3) is 0.100. The molecule has 0 fully saturated rings. The molecule has 3 aromatic rings. The molecule has 0 unspecified atom stereocenters. The average Bonchev–Trinajstić information content (AvgIpc) is 2.68. The zero-order valence-electron chi connectivity index (χ0n) is 15.0. The highest BCUT2D eigenvalue weighted by molar-refractivity contribution is 6.04. The Bertz CT molecular complexity index is 1060. The number of halogens is 3. The lowest BCUT2D eigenvalue weighted by molar-refractivity contribution is -0.137. The van der Waals surface area contributed by atoms with E-state index < -0.39 is 17.6 Å². The third-order valence-corrected chi connectivity index (χ3v) is 3.88. The summed E-state index contributed by atoms with van der Waals surface area (Å²) in [6.07, 6.45) is -3.16. The molecule has 0 aliphatic carbocycles. The molecule has 0 bridgehead atoms. The second-order valence-corrected chi connectivity index (χ2v) is 5.88. The topological polar surface area (TPSA) is 80.4 Å². The van der Waals surface area contributed by atoms with Crippen molar-refractivity contribution in [3.05, 3.63) is 82.3 Å². The minimum Gasteiger partial charge on any atom is -0.495 e. The Morgan fingerprint density at radius 2 is 1.69 bits per heavy atom. The molecule has 0 aliphatic heterocycles. The summed E-state index contributed by atoms with van der Waals surface area (Å²) in [5, 5.41) is 2.64.